The molecule has 0 N–H and O–H groups in total. The highest BCUT2D eigenvalue weighted by atomic mass is 19.1. The lowest BCUT2D eigenvalue weighted by Crippen LogP contribution is -2.44. The number of carbonyl (C=O) groups excluding carboxylic acids is 2. The molecule has 0 bridgehead atoms. The van der Waals surface area contributed by atoms with Crippen LogP contribution in [0.5, 0.6) is 0 Å². The van der Waals surface area contributed by atoms with Crippen LogP contribution in [-0.4, -0.2) is 35.8 Å². The lowest BCUT2D eigenvalue weighted by molar-refractivity contribution is -0.123. The first kappa shape index (κ1) is 13.2. The molecule has 2 saturated heterocycles. The Morgan fingerprint density at radius 3 is 2.30 bits per heavy atom. The molecule has 0 spiro atoms. The number of hydrogen-bond acceptors (Lipinski definition) is 3. The Labute approximate surface area is 117 Å². The predicted molar refractivity (Wildman–Crippen MR) is 72.7 cm³/mol. The highest BCUT2D eigenvalue weighted by Gasteiger charge is 2.42. The number of likely N-dealkylation sites (tertiary alicyclic amines) is 1. The second-order valence-corrected chi connectivity index (χ2v) is 5.36. The molecule has 1 aromatic carbocycles. The molecule has 0 unspecified atom stereocenters. The van der Waals surface area contributed by atoms with Crippen LogP contribution >= 0.6 is 0 Å². The highest BCUT2D eigenvalue weighted by Crippen LogP contribution is 2.27. The minimum absolute atomic E-state index is 0.177. The molecule has 5 heteroatoms. The summed E-state index contributed by atoms with van der Waals surface area (Å²) in [6.45, 7) is 1.75. The summed E-state index contributed by atoms with van der Waals surface area (Å²) in [7, 11) is 0. The van der Waals surface area contributed by atoms with Gasteiger partial charge < -0.3 is 0 Å². The zero-order valence-electron chi connectivity index (χ0n) is 11.2. The van der Waals surface area contributed by atoms with Gasteiger partial charge in [-0.1, -0.05) is 6.42 Å². The van der Waals surface area contributed by atoms with E-state index >= 15 is 0 Å². The van der Waals surface area contributed by atoms with Crippen LogP contribution in [0.25, 0.3) is 0 Å². The van der Waals surface area contributed by atoms with Crippen LogP contribution in [0, 0.1) is 5.82 Å². The molecule has 3 rings (SSSR count). The quantitative estimate of drug-likeness (QED) is 0.775. The first-order valence-electron chi connectivity index (χ1n) is 7.03. The summed E-state index contributed by atoms with van der Waals surface area (Å²) in [4.78, 5) is 27.9. The molecule has 2 amide bonds. The van der Waals surface area contributed by atoms with E-state index in [1.165, 1.54) is 35.6 Å². The number of amides is 2. The number of imide groups is 1. The van der Waals surface area contributed by atoms with Gasteiger partial charge in [0.15, 0.2) is 0 Å². The molecular formula is C15H17FN2O2. The number of carbonyl (C=O) groups is 2. The van der Waals surface area contributed by atoms with E-state index in [-0.39, 0.29) is 30.1 Å². The number of hydrogen-bond donors (Lipinski definition) is 0. The van der Waals surface area contributed by atoms with Gasteiger partial charge in [0.1, 0.15) is 5.82 Å². The molecule has 0 radical (unpaired) electrons. The minimum Gasteiger partial charge on any atom is -0.292 e. The second kappa shape index (κ2) is 5.32. The van der Waals surface area contributed by atoms with Crippen molar-refractivity contribution in [3.05, 3.63) is 30.1 Å². The Morgan fingerprint density at radius 2 is 1.65 bits per heavy atom. The number of halogens is 1. The third-order valence-corrected chi connectivity index (χ3v) is 4.04. The maximum atomic E-state index is 12.9. The van der Waals surface area contributed by atoms with Crippen molar-refractivity contribution >= 4 is 17.5 Å². The molecule has 106 valence electrons. The number of nitrogens with zero attached hydrogens (tertiary/aromatic N) is 2. The fourth-order valence-electron chi connectivity index (χ4n) is 2.99. The average Bonchev–Trinajstić information content (AvgIpc) is 2.76. The third kappa shape index (κ3) is 2.33. The van der Waals surface area contributed by atoms with Crippen molar-refractivity contribution < 1.29 is 14.0 Å². The van der Waals surface area contributed by atoms with Crippen LogP contribution < -0.4 is 4.90 Å². The topological polar surface area (TPSA) is 40.6 Å². The van der Waals surface area contributed by atoms with Gasteiger partial charge in [0.05, 0.1) is 18.2 Å². The maximum absolute atomic E-state index is 12.9. The summed E-state index contributed by atoms with van der Waals surface area (Å²) in [5.41, 5.74) is 0.459. The molecule has 2 aliphatic rings. The van der Waals surface area contributed by atoms with Crippen molar-refractivity contribution in [2.75, 3.05) is 18.0 Å². The van der Waals surface area contributed by atoms with Crippen molar-refractivity contribution in [1.82, 2.24) is 4.90 Å². The number of piperidine rings is 1. The monoisotopic (exact) mass is 276 g/mol. The molecule has 20 heavy (non-hydrogen) atoms. The average molecular weight is 276 g/mol. The van der Waals surface area contributed by atoms with Gasteiger partial charge in [-0.15, -0.1) is 0 Å². The first-order chi connectivity index (χ1) is 9.66. The van der Waals surface area contributed by atoms with Crippen molar-refractivity contribution in [3.63, 3.8) is 0 Å². The van der Waals surface area contributed by atoms with E-state index in [1.807, 2.05) is 0 Å². The Balaban J connectivity index is 1.81. The summed E-state index contributed by atoms with van der Waals surface area (Å²) in [6, 6.07) is 5.15. The van der Waals surface area contributed by atoms with Gasteiger partial charge in [-0.25, -0.2) is 9.29 Å². The molecular weight excluding hydrogens is 259 g/mol. The smallest absolute Gasteiger partial charge is 0.251 e. The normalized spacial score (nSPS) is 24.4. The molecule has 1 atom stereocenters. The van der Waals surface area contributed by atoms with Gasteiger partial charge in [-0.3, -0.25) is 14.5 Å². The van der Waals surface area contributed by atoms with E-state index in [1.54, 1.807) is 0 Å². The Hall–Kier alpha value is -1.75. The van der Waals surface area contributed by atoms with E-state index in [0.717, 1.165) is 25.9 Å². The van der Waals surface area contributed by atoms with Crippen LogP contribution in [0.3, 0.4) is 0 Å². The van der Waals surface area contributed by atoms with Crippen LogP contribution in [0.1, 0.15) is 25.7 Å². The molecule has 0 aromatic heterocycles. The van der Waals surface area contributed by atoms with E-state index in [4.69, 9.17) is 0 Å². The molecule has 0 aliphatic carbocycles. The summed E-state index contributed by atoms with van der Waals surface area (Å²) in [5.74, 6) is -0.749. The van der Waals surface area contributed by atoms with Gasteiger partial charge in [0.25, 0.3) is 5.91 Å². The Bertz CT molecular complexity index is 523. The van der Waals surface area contributed by atoms with Crippen molar-refractivity contribution in [1.29, 1.82) is 0 Å². The lowest BCUT2D eigenvalue weighted by atomic mass is 10.1. The van der Waals surface area contributed by atoms with Crippen molar-refractivity contribution in [2.24, 2.45) is 0 Å². The summed E-state index contributed by atoms with van der Waals surface area (Å²) in [6.07, 6.45) is 3.58. The first-order valence-corrected chi connectivity index (χ1v) is 7.03. The zero-order valence-corrected chi connectivity index (χ0v) is 11.2. The van der Waals surface area contributed by atoms with Crippen molar-refractivity contribution in [2.45, 2.75) is 31.7 Å². The second-order valence-electron chi connectivity index (χ2n) is 5.36. The summed E-state index contributed by atoms with van der Waals surface area (Å²) in [5, 5.41) is 0. The van der Waals surface area contributed by atoms with Crippen LogP contribution in [0.2, 0.25) is 0 Å². The predicted octanol–water partition coefficient (Wildman–Crippen LogP) is 1.94. The fraction of sp³-hybridized carbons (Fsp3) is 0.467. The molecule has 2 heterocycles. The van der Waals surface area contributed by atoms with Crippen molar-refractivity contribution in [3.8, 4) is 0 Å². The van der Waals surface area contributed by atoms with Gasteiger partial charge in [-0.2, -0.15) is 0 Å². The molecule has 1 aromatic rings. The lowest BCUT2D eigenvalue weighted by Gasteiger charge is -2.30. The molecule has 4 nitrogen and oxygen atoms in total. The van der Waals surface area contributed by atoms with E-state index in [0.29, 0.717) is 5.69 Å². The van der Waals surface area contributed by atoms with Gasteiger partial charge in [0.2, 0.25) is 5.91 Å². The van der Waals surface area contributed by atoms with Gasteiger partial charge >= 0.3 is 0 Å². The third-order valence-electron chi connectivity index (χ3n) is 4.04. The highest BCUT2D eigenvalue weighted by molar-refractivity contribution is 6.22. The Morgan fingerprint density at radius 1 is 1.00 bits per heavy atom. The molecule has 0 saturated carbocycles. The van der Waals surface area contributed by atoms with E-state index < -0.39 is 0 Å². The SMILES string of the molecule is O=C1C[C@H](N2CCCCC2)C(=O)N1c1ccc(F)cc1. The zero-order chi connectivity index (χ0) is 14.1. The summed E-state index contributed by atoms with van der Waals surface area (Å²) >= 11 is 0. The van der Waals surface area contributed by atoms with Crippen LogP contribution in [-0.2, 0) is 9.59 Å². The largest absolute Gasteiger partial charge is 0.292 e. The van der Waals surface area contributed by atoms with Gasteiger partial charge in [0, 0.05) is 0 Å². The standard InChI is InChI=1S/C15H17FN2O2/c16-11-4-6-12(7-5-11)18-14(19)10-13(15(18)20)17-8-2-1-3-9-17/h4-7,13H,1-3,8-10H2/t13-/m0/s1. The Kier molecular flexibility index (Phi) is 3.53. The molecule has 2 aliphatic heterocycles. The maximum Gasteiger partial charge on any atom is 0.251 e. The van der Waals surface area contributed by atoms with E-state index in [9.17, 15) is 14.0 Å². The van der Waals surface area contributed by atoms with Gasteiger partial charge in [-0.05, 0) is 50.2 Å². The molecule has 2 fully saturated rings. The van der Waals surface area contributed by atoms with E-state index in [2.05, 4.69) is 4.90 Å². The number of rotatable bonds is 2. The number of benzene rings is 1. The fourth-order valence-corrected chi connectivity index (χ4v) is 2.99. The van der Waals surface area contributed by atoms with Crippen LogP contribution in [0.15, 0.2) is 24.3 Å². The number of anilines is 1. The minimum atomic E-state index is -0.375. The van der Waals surface area contributed by atoms with Crippen LogP contribution in [0.4, 0.5) is 10.1 Å². The summed E-state index contributed by atoms with van der Waals surface area (Å²) < 4.78 is 12.9.